The van der Waals surface area contributed by atoms with Gasteiger partial charge in [-0.2, -0.15) is 0 Å². The topological polar surface area (TPSA) is 80.9 Å². The molecule has 0 aliphatic heterocycles. The van der Waals surface area contributed by atoms with Crippen LogP contribution in [-0.2, 0) is 0 Å². The van der Waals surface area contributed by atoms with Gasteiger partial charge in [0.05, 0.1) is 12.4 Å². The molecule has 0 radical (unpaired) electrons. The lowest BCUT2D eigenvalue weighted by atomic mass is 10.4. The molecule has 0 unspecified atom stereocenters. The number of aromatic carboxylic acids is 1. The Kier molecular flexibility index (Phi) is 1.94. The van der Waals surface area contributed by atoms with Gasteiger partial charge in [0.2, 0.25) is 0 Å². The number of hydrogen-bond acceptors (Lipinski definition) is 4. The molecule has 0 spiro atoms. The quantitative estimate of drug-likeness (QED) is 0.739. The number of aromatic nitrogens is 4. The lowest BCUT2D eigenvalue weighted by Crippen LogP contribution is -2.04. The van der Waals surface area contributed by atoms with E-state index >= 15 is 0 Å². The fourth-order valence-electron chi connectivity index (χ4n) is 0.978. The summed E-state index contributed by atoms with van der Waals surface area (Å²) in [7, 11) is 0. The van der Waals surface area contributed by atoms with Crippen molar-refractivity contribution < 1.29 is 9.90 Å². The summed E-state index contributed by atoms with van der Waals surface area (Å²) in [4.78, 5) is 22.1. The summed E-state index contributed by atoms with van der Waals surface area (Å²) in [5.41, 5.74) is -0.0869. The minimum Gasteiger partial charge on any atom is -0.476 e. The van der Waals surface area contributed by atoms with Gasteiger partial charge in [-0.15, -0.1) is 0 Å². The molecule has 2 aromatic heterocycles. The fraction of sp³-hybridized carbons (Fsp3) is 0. The van der Waals surface area contributed by atoms with Crippen molar-refractivity contribution in [2.24, 2.45) is 0 Å². The van der Waals surface area contributed by atoms with Crippen molar-refractivity contribution >= 4 is 5.97 Å². The smallest absolute Gasteiger partial charge is 0.356 e. The van der Waals surface area contributed by atoms with Crippen LogP contribution >= 0.6 is 0 Å². The molecule has 0 atom stereocenters. The van der Waals surface area contributed by atoms with E-state index in [1.165, 1.54) is 18.7 Å². The molecule has 6 heteroatoms. The maximum absolute atomic E-state index is 10.6. The molecule has 2 rings (SSSR count). The molecular weight excluding hydrogens is 184 g/mol. The molecule has 0 aliphatic rings. The van der Waals surface area contributed by atoms with Crippen LogP contribution in [-0.4, -0.2) is 30.6 Å². The molecular formula is C8H6N4O2. The number of rotatable bonds is 2. The van der Waals surface area contributed by atoms with Gasteiger partial charge in [-0.3, -0.25) is 9.55 Å². The summed E-state index contributed by atoms with van der Waals surface area (Å²) in [6.07, 6.45) is 7.43. The maximum atomic E-state index is 10.6. The van der Waals surface area contributed by atoms with Crippen LogP contribution in [0.15, 0.2) is 31.1 Å². The summed E-state index contributed by atoms with van der Waals surface area (Å²) < 4.78 is 1.58. The van der Waals surface area contributed by atoms with Gasteiger partial charge in [0.1, 0.15) is 6.33 Å². The number of hydrogen-bond donors (Lipinski definition) is 1. The Morgan fingerprint density at radius 1 is 1.36 bits per heavy atom. The average molecular weight is 190 g/mol. The van der Waals surface area contributed by atoms with Gasteiger partial charge in [-0.25, -0.2) is 14.8 Å². The predicted octanol–water partition coefficient (Wildman–Crippen LogP) is 0.360. The number of nitrogens with zero attached hydrogens (tertiary/aromatic N) is 4. The Hall–Kier alpha value is -2.24. The SMILES string of the molecule is O=C(O)c1cncc(-n2ccnc2)n1. The highest BCUT2D eigenvalue weighted by molar-refractivity contribution is 5.85. The van der Waals surface area contributed by atoms with Crippen LogP contribution in [0.5, 0.6) is 0 Å². The van der Waals surface area contributed by atoms with E-state index < -0.39 is 5.97 Å². The van der Waals surface area contributed by atoms with Crippen LogP contribution in [0.1, 0.15) is 10.5 Å². The number of imidazole rings is 1. The van der Waals surface area contributed by atoms with Crippen LogP contribution in [0.3, 0.4) is 0 Å². The van der Waals surface area contributed by atoms with E-state index in [0.29, 0.717) is 5.82 Å². The summed E-state index contributed by atoms with van der Waals surface area (Å²) in [5, 5.41) is 8.68. The molecule has 0 aliphatic carbocycles. The van der Waals surface area contributed by atoms with Crippen LogP contribution in [0.4, 0.5) is 0 Å². The standard InChI is InChI=1S/C8H6N4O2/c13-8(14)6-3-10-4-7(11-6)12-2-1-9-5-12/h1-5H,(H,13,14). The molecule has 2 aromatic rings. The second-order valence-corrected chi connectivity index (χ2v) is 2.54. The van der Waals surface area contributed by atoms with Gasteiger partial charge in [-0.05, 0) is 0 Å². The molecule has 0 amide bonds. The highest BCUT2D eigenvalue weighted by Crippen LogP contribution is 2.02. The summed E-state index contributed by atoms with van der Waals surface area (Å²) >= 11 is 0. The first-order valence-corrected chi connectivity index (χ1v) is 3.81. The largest absolute Gasteiger partial charge is 0.476 e. The zero-order valence-corrected chi connectivity index (χ0v) is 7.03. The molecule has 0 aromatic carbocycles. The normalized spacial score (nSPS) is 10.0. The summed E-state index contributed by atoms with van der Waals surface area (Å²) in [6.45, 7) is 0. The van der Waals surface area contributed by atoms with E-state index in [1.54, 1.807) is 17.0 Å². The average Bonchev–Trinajstić information content (AvgIpc) is 2.71. The zero-order valence-electron chi connectivity index (χ0n) is 7.03. The third kappa shape index (κ3) is 1.45. The molecule has 2 heterocycles. The predicted molar refractivity (Wildman–Crippen MR) is 46.1 cm³/mol. The van der Waals surface area contributed by atoms with Gasteiger partial charge in [0.15, 0.2) is 11.5 Å². The summed E-state index contributed by atoms with van der Waals surface area (Å²) in [5.74, 6) is -0.665. The third-order valence-corrected chi connectivity index (χ3v) is 1.61. The van der Waals surface area contributed by atoms with Gasteiger partial charge < -0.3 is 5.11 Å². The Bertz CT molecular complexity index is 452. The van der Waals surface area contributed by atoms with Crippen LogP contribution in [0.25, 0.3) is 5.82 Å². The molecule has 1 N–H and O–H groups in total. The first-order chi connectivity index (χ1) is 6.77. The van der Waals surface area contributed by atoms with Crippen LogP contribution in [0.2, 0.25) is 0 Å². The Morgan fingerprint density at radius 2 is 2.21 bits per heavy atom. The monoisotopic (exact) mass is 190 g/mol. The second kappa shape index (κ2) is 3.25. The van der Waals surface area contributed by atoms with Crippen molar-refractivity contribution in [2.75, 3.05) is 0 Å². The Morgan fingerprint density at radius 3 is 2.86 bits per heavy atom. The van der Waals surface area contributed by atoms with E-state index in [1.807, 2.05) is 0 Å². The van der Waals surface area contributed by atoms with Gasteiger partial charge in [0, 0.05) is 12.4 Å². The van der Waals surface area contributed by atoms with Crippen molar-refractivity contribution in [3.63, 3.8) is 0 Å². The molecule has 0 bridgehead atoms. The molecule has 0 fully saturated rings. The summed E-state index contributed by atoms with van der Waals surface area (Å²) in [6, 6.07) is 0. The van der Waals surface area contributed by atoms with Gasteiger partial charge in [-0.1, -0.05) is 0 Å². The number of carboxylic acids is 1. The van der Waals surface area contributed by atoms with Crippen LogP contribution < -0.4 is 0 Å². The molecule has 70 valence electrons. The molecule has 14 heavy (non-hydrogen) atoms. The third-order valence-electron chi connectivity index (χ3n) is 1.61. The van der Waals surface area contributed by atoms with Crippen LogP contribution in [0, 0.1) is 0 Å². The molecule has 6 nitrogen and oxygen atoms in total. The van der Waals surface area contributed by atoms with E-state index in [4.69, 9.17) is 5.11 Å². The molecule has 0 saturated heterocycles. The Balaban J connectivity index is 2.46. The first-order valence-electron chi connectivity index (χ1n) is 3.81. The zero-order chi connectivity index (χ0) is 9.97. The fourth-order valence-corrected chi connectivity index (χ4v) is 0.978. The second-order valence-electron chi connectivity index (χ2n) is 2.54. The Labute approximate surface area is 78.9 Å². The first kappa shape index (κ1) is 8.36. The van der Waals surface area contributed by atoms with E-state index in [-0.39, 0.29) is 5.69 Å². The van der Waals surface area contributed by atoms with Gasteiger partial charge >= 0.3 is 5.97 Å². The van der Waals surface area contributed by atoms with Crippen molar-refractivity contribution in [3.8, 4) is 5.82 Å². The van der Waals surface area contributed by atoms with E-state index in [0.717, 1.165) is 0 Å². The minimum absolute atomic E-state index is 0.0869. The van der Waals surface area contributed by atoms with Crippen molar-refractivity contribution in [1.29, 1.82) is 0 Å². The lowest BCUT2D eigenvalue weighted by Gasteiger charge is -2.00. The van der Waals surface area contributed by atoms with Crippen molar-refractivity contribution in [3.05, 3.63) is 36.8 Å². The van der Waals surface area contributed by atoms with E-state index in [9.17, 15) is 4.79 Å². The maximum Gasteiger partial charge on any atom is 0.356 e. The van der Waals surface area contributed by atoms with Crippen molar-refractivity contribution in [2.45, 2.75) is 0 Å². The van der Waals surface area contributed by atoms with Gasteiger partial charge in [0.25, 0.3) is 0 Å². The lowest BCUT2D eigenvalue weighted by molar-refractivity contribution is 0.0690. The van der Waals surface area contributed by atoms with E-state index in [2.05, 4.69) is 15.0 Å². The molecule has 0 saturated carbocycles. The number of carboxylic acid groups (broad SMARTS) is 1. The highest BCUT2D eigenvalue weighted by Gasteiger charge is 2.06. The highest BCUT2D eigenvalue weighted by atomic mass is 16.4. The number of carbonyl (C=O) groups is 1. The minimum atomic E-state index is -1.10. The van der Waals surface area contributed by atoms with Crippen molar-refractivity contribution in [1.82, 2.24) is 19.5 Å².